The third-order valence-electron chi connectivity index (χ3n) is 3.92. The second-order valence-electron chi connectivity index (χ2n) is 5.81. The Morgan fingerprint density at radius 1 is 1.18 bits per heavy atom. The average molecular weight is 235 g/mol. The summed E-state index contributed by atoms with van der Waals surface area (Å²) in [7, 11) is 1.62. The monoisotopic (exact) mass is 235 g/mol. The molecule has 1 aromatic heterocycles. The fourth-order valence-corrected chi connectivity index (χ4v) is 2.41. The zero-order chi connectivity index (χ0) is 12.5. The van der Waals surface area contributed by atoms with E-state index in [9.17, 15) is 5.11 Å². The molecule has 17 heavy (non-hydrogen) atoms. The molecule has 0 aliphatic heterocycles. The van der Waals surface area contributed by atoms with Crippen LogP contribution in [-0.4, -0.2) is 17.2 Å². The molecule has 1 saturated carbocycles. The molecule has 1 N–H and O–H groups in total. The molecule has 0 saturated heterocycles. The molecule has 3 heteroatoms. The molecule has 0 unspecified atom stereocenters. The SMILES string of the molecule is COc1cncc(C2(O)CCC(C)(C)CC2)c1. The standard InChI is InChI=1S/C14H21NO2/c1-13(2)4-6-14(16,7-5-13)11-8-12(17-3)10-15-9-11/h8-10,16H,4-7H2,1-3H3. The van der Waals surface area contributed by atoms with Gasteiger partial charge in [0.2, 0.25) is 0 Å². The van der Waals surface area contributed by atoms with E-state index in [2.05, 4.69) is 18.8 Å². The number of aromatic nitrogens is 1. The van der Waals surface area contributed by atoms with Gasteiger partial charge in [-0.25, -0.2) is 0 Å². The van der Waals surface area contributed by atoms with E-state index in [1.807, 2.05) is 6.07 Å². The van der Waals surface area contributed by atoms with Gasteiger partial charge in [0.25, 0.3) is 0 Å². The van der Waals surface area contributed by atoms with Crippen LogP contribution >= 0.6 is 0 Å². The molecule has 94 valence electrons. The van der Waals surface area contributed by atoms with Crippen LogP contribution in [0.25, 0.3) is 0 Å². The van der Waals surface area contributed by atoms with Crippen LogP contribution in [-0.2, 0) is 5.60 Å². The van der Waals surface area contributed by atoms with Gasteiger partial charge in [-0.2, -0.15) is 0 Å². The molecule has 1 heterocycles. The summed E-state index contributed by atoms with van der Waals surface area (Å²) >= 11 is 0. The van der Waals surface area contributed by atoms with Crippen molar-refractivity contribution in [3.8, 4) is 5.75 Å². The van der Waals surface area contributed by atoms with Crippen molar-refractivity contribution in [1.82, 2.24) is 4.98 Å². The molecular formula is C14H21NO2. The second-order valence-corrected chi connectivity index (χ2v) is 5.81. The molecule has 0 amide bonds. The van der Waals surface area contributed by atoms with Crippen molar-refractivity contribution in [3.05, 3.63) is 24.0 Å². The van der Waals surface area contributed by atoms with Gasteiger partial charge in [0.1, 0.15) is 5.75 Å². The summed E-state index contributed by atoms with van der Waals surface area (Å²) < 4.78 is 5.16. The molecule has 0 radical (unpaired) electrons. The molecule has 0 spiro atoms. The minimum absolute atomic E-state index is 0.346. The highest BCUT2D eigenvalue weighted by Gasteiger charge is 2.38. The summed E-state index contributed by atoms with van der Waals surface area (Å²) in [5.74, 6) is 0.709. The first-order chi connectivity index (χ1) is 7.95. The normalized spacial score (nSPS) is 22.1. The minimum atomic E-state index is -0.725. The van der Waals surface area contributed by atoms with Crippen molar-refractivity contribution < 1.29 is 9.84 Å². The first-order valence-corrected chi connectivity index (χ1v) is 6.17. The first-order valence-electron chi connectivity index (χ1n) is 6.17. The van der Waals surface area contributed by atoms with Crippen LogP contribution in [0, 0.1) is 5.41 Å². The van der Waals surface area contributed by atoms with E-state index in [-0.39, 0.29) is 0 Å². The van der Waals surface area contributed by atoms with Gasteiger partial charge in [-0.1, -0.05) is 13.8 Å². The van der Waals surface area contributed by atoms with Crippen LogP contribution < -0.4 is 4.74 Å². The lowest BCUT2D eigenvalue weighted by Gasteiger charge is -2.40. The summed E-state index contributed by atoms with van der Waals surface area (Å²) in [6.45, 7) is 4.52. The summed E-state index contributed by atoms with van der Waals surface area (Å²) in [5, 5.41) is 10.7. The van der Waals surface area contributed by atoms with Gasteiger partial charge in [-0.15, -0.1) is 0 Å². The summed E-state index contributed by atoms with van der Waals surface area (Å²) in [6.07, 6.45) is 7.10. The number of hydrogen-bond acceptors (Lipinski definition) is 3. The molecule has 3 nitrogen and oxygen atoms in total. The first kappa shape index (κ1) is 12.4. The van der Waals surface area contributed by atoms with Crippen LogP contribution in [0.2, 0.25) is 0 Å². The number of ether oxygens (including phenoxy) is 1. The lowest BCUT2D eigenvalue weighted by molar-refractivity contribution is -0.0309. The van der Waals surface area contributed by atoms with E-state index in [4.69, 9.17) is 4.74 Å². The predicted octanol–water partition coefficient (Wildman–Crippen LogP) is 2.88. The molecule has 1 aliphatic carbocycles. The molecule has 1 fully saturated rings. The Labute approximate surface area is 103 Å². The Kier molecular flexibility index (Phi) is 3.13. The maximum Gasteiger partial charge on any atom is 0.137 e. The smallest absolute Gasteiger partial charge is 0.137 e. The lowest BCUT2D eigenvalue weighted by atomic mass is 9.69. The van der Waals surface area contributed by atoms with Gasteiger partial charge < -0.3 is 9.84 Å². The fraction of sp³-hybridized carbons (Fsp3) is 0.643. The summed E-state index contributed by atoms with van der Waals surface area (Å²) in [5.41, 5.74) is 0.502. The van der Waals surface area contributed by atoms with Crippen LogP contribution in [0.1, 0.15) is 45.1 Å². The number of nitrogens with zero attached hydrogens (tertiary/aromatic N) is 1. The number of pyridine rings is 1. The van der Waals surface area contributed by atoms with Gasteiger partial charge in [0, 0.05) is 11.8 Å². The quantitative estimate of drug-likeness (QED) is 0.857. The van der Waals surface area contributed by atoms with Gasteiger partial charge in [0.15, 0.2) is 0 Å². The van der Waals surface area contributed by atoms with Gasteiger partial charge in [0.05, 0.1) is 18.9 Å². The van der Waals surface area contributed by atoms with E-state index < -0.39 is 5.60 Å². The second kappa shape index (κ2) is 4.30. The Balaban J connectivity index is 2.21. The van der Waals surface area contributed by atoms with Crippen molar-refractivity contribution in [2.24, 2.45) is 5.41 Å². The van der Waals surface area contributed by atoms with E-state index in [0.717, 1.165) is 31.2 Å². The maximum atomic E-state index is 10.7. The third-order valence-corrected chi connectivity index (χ3v) is 3.92. The number of aliphatic hydroxyl groups is 1. The highest BCUT2D eigenvalue weighted by atomic mass is 16.5. The molecule has 2 rings (SSSR count). The molecule has 0 bridgehead atoms. The Morgan fingerprint density at radius 3 is 2.41 bits per heavy atom. The predicted molar refractivity (Wildman–Crippen MR) is 66.9 cm³/mol. The number of methoxy groups -OCH3 is 1. The largest absolute Gasteiger partial charge is 0.495 e. The van der Waals surface area contributed by atoms with E-state index in [1.165, 1.54) is 0 Å². The summed E-state index contributed by atoms with van der Waals surface area (Å²) in [4.78, 5) is 4.13. The zero-order valence-electron chi connectivity index (χ0n) is 10.9. The van der Waals surface area contributed by atoms with E-state index in [1.54, 1.807) is 19.5 Å². The van der Waals surface area contributed by atoms with E-state index >= 15 is 0 Å². The maximum absolute atomic E-state index is 10.7. The van der Waals surface area contributed by atoms with Crippen molar-refractivity contribution >= 4 is 0 Å². The third kappa shape index (κ3) is 2.60. The van der Waals surface area contributed by atoms with Crippen LogP contribution in [0.15, 0.2) is 18.5 Å². The zero-order valence-corrected chi connectivity index (χ0v) is 10.9. The van der Waals surface area contributed by atoms with Crippen LogP contribution in [0.3, 0.4) is 0 Å². The number of rotatable bonds is 2. The topological polar surface area (TPSA) is 42.4 Å². The fourth-order valence-electron chi connectivity index (χ4n) is 2.41. The Hall–Kier alpha value is -1.09. The van der Waals surface area contributed by atoms with Crippen molar-refractivity contribution in [2.75, 3.05) is 7.11 Å². The van der Waals surface area contributed by atoms with Gasteiger partial charge in [-0.05, 0) is 37.2 Å². The van der Waals surface area contributed by atoms with Crippen molar-refractivity contribution in [1.29, 1.82) is 0 Å². The summed E-state index contributed by atoms with van der Waals surface area (Å²) in [6, 6.07) is 1.89. The van der Waals surface area contributed by atoms with E-state index in [0.29, 0.717) is 11.2 Å². The lowest BCUT2D eigenvalue weighted by Crippen LogP contribution is -2.34. The molecule has 0 atom stereocenters. The molecule has 0 aromatic carbocycles. The van der Waals surface area contributed by atoms with Crippen LogP contribution in [0.4, 0.5) is 0 Å². The van der Waals surface area contributed by atoms with Crippen molar-refractivity contribution in [3.63, 3.8) is 0 Å². The Bertz CT molecular complexity index is 391. The average Bonchev–Trinajstić information content (AvgIpc) is 2.33. The van der Waals surface area contributed by atoms with Gasteiger partial charge >= 0.3 is 0 Å². The molecule has 1 aliphatic rings. The number of hydrogen-bond donors (Lipinski definition) is 1. The van der Waals surface area contributed by atoms with Crippen LogP contribution in [0.5, 0.6) is 5.75 Å². The highest BCUT2D eigenvalue weighted by Crippen LogP contribution is 2.45. The van der Waals surface area contributed by atoms with Gasteiger partial charge in [-0.3, -0.25) is 4.98 Å². The molecular weight excluding hydrogens is 214 g/mol. The van der Waals surface area contributed by atoms with Crippen molar-refractivity contribution in [2.45, 2.75) is 45.1 Å². The minimum Gasteiger partial charge on any atom is -0.495 e. The highest BCUT2D eigenvalue weighted by molar-refractivity contribution is 5.28. The Morgan fingerprint density at radius 2 is 1.82 bits per heavy atom. The molecule has 1 aromatic rings.